The highest BCUT2D eigenvalue weighted by Gasteiger charge is 2.22. The van der Waals surface area contributed by atoms with Gasteiger partial charge in [0.15, 0.2) is 0 Å². The lowest BCUT2D eigenvalue weighted by Crippen LogP contribution is -2.41. The number of rotatable bonds is 4. The fourth-order valence-corrected chi connectivity index (χ4v) is 2.00. The van der Waals surface area contributed by atoms with Gasteiger partial charge in [0.25, 0.3) is 5.91 Å². The Balaban J connectivity index is 1.89. The predicted molar refractivity (Wildman–Crippen MR) is 82.5 cm³/mol. The second kappa shape index (κ2) is 7.04. The van der Waals surface area contributed by atoms with E-state index in [2.05, 4.69) is 15.8 Å². The van der Waals surface area contributed by atoms with Crippen molar-refractivity contribution in [3.05, 3.63) is 29.3 Å². The average molecular weight is 323 g/mol. The molecule has 8 heteroatoms. The van der Waals surface area contributed by atoms with Crippen molar-refractivity contribution >= 4 is 40.7 Å². The van der Waals surface area contributed by atoms with Crippen LogP contribution in [0.2, 0.25) is 5.02 Å². The lowest BCUT2D eigenvalue weighted by molar-refractivity contribution is -0.128. The maximum Gasteiger partial charge on any atom is 0.270 e. The minimum atomic E-state index is -0.383. The van der Waals surface area contributed by atoms with Gasteiger partial charge < -0.3 is 10.2 Å². The summed E-state index contributed by atoms with van der Waals surface area (Å²) >= 11 is 5.76. The molecule has 7 nitrogen and oxygen atoms in total. The number of halogens is 1. The fraction of sp³-hybridized carbons (Fsp3) is 0.286. The Labute approximate surface area is 132 Å². The summed E-state index contributed by atoms with van der Waals surface area (Å²) in [5, 5.41) is 6.95. The van der Waals surface area contributed by atoms with E-state index in [0.29, 0.717) is 10.7 Å². The van der Waals surface area contributed by atoms with Gasteiger partial charge in [-0.1, -0.05) is 11.6 Å². The Morgan fingerprint density at radius 3 is 2.59 bits per heavy atom. The molecule has 0 unspecified atom stereocenters. The fourth-order valence-electron chi connectivity index (χ4n) is 1.87. The van der Waals surface area contributed by atoms with Gasteiger partial charge >= 0.3 is 0 Å². The summed E-state index contributed by atoms with van der Waals surface area (Å²) < 4.78 is 0. The second-order valence-corrected chi connectivity index (χ2v) is 5.25. The van der Waals surface area contributed by atoms with E-state index >= 15 is 0 Å². The maximum atomic E-state index is 12.1. The summed E-state index contributed by atoms with van der Waals surface area (Å²) in [6.07, 6.45) is 0.489. The van der Waals surface area contributed by atoms with Gasteiger partial charge in [-0.3, -0.25) is 14.4 Å². The lowest BCUT2D eigenvalue weighted by Gasteiger charge is -2.19. The Bertz CT molecular complexity index is 627. The number of hydrogen-bond acceptors (Lipinski definition) is 4. The highest BCUT2D eigenvalue weighted by Crippen LogP contribution is 2.13. The van der Waals surface area contributed by atoms with E-state index in [0.717, 1.165) is 0 Å². The number of carbonyl (C=O) groups excluding carboxylic acids is 3. The molecule has 1 aliphatic rings. The molecule has 0 spiro atoms. The molecule has 2 N–H and O–H groups in total. The highest BCUT2D eigenvalue weighted by atomic mass is 35.5. The first kappa shape index (κ1) is 16.0. The first-order valence-electron chi connectivity index (χ1n) is 6.62. The van der Waals surface area contributed by atoms with Gasteiger partial charge in [0, 0.05) is 30.6 Å². The third-order valence-electron chi connectivity index (χ3n) is 3.01. The Kier molecular flexibility index (Phi) is 5.11. The molecule has 0 atom stereocenters. The lowest BCUT2D eigenvalue weighted by atomic mass is 10.1. The molecule has 2 rings (SSSR count). The molecule has 3 amide bonds. The zero-order valence-corrected chi connectivity index (χ0v) is 12.7. The molecule has 0 saturated heterocycles. The summed E-state index contributed by atoms with van der Waals surface area (Å²) in [5.41, 5.74) is 3.09. The molecular formula is C14H15ClN4O3. The second-order valence-electron chi connectivity index (χ2n) is 4.81. The summed E-state index contributed by atoms with van der Waals surface area (Å²) in [7, 11) is 1.50. The van der Waals surface area contributed by atoms with Crippen molar-refractivity contribution in [3.63, 3.8) is 0 Å². The van der Waals surface area contributed by atoms with Crippen LogP contribution < -0.4 is 10.7 Å². The third kappa shape index (κ3) is 4.29. The number of nitrogens with zero attached hydrogens (tertiary/aromatic N) is 2. The van der Waals surface area contributed by atoms with Crippen LogP contribution in [-0.2, 0) is 14.4 Å². The number of likely N-dealkylation sites (N-methyl/N-ethyl adjacent to an activating group) is 1. The number of hydrazone groups is 1. The maximum absolute atomic E-state index is 12.1. The standard InChI is InChI=1S/C14H15ClN4O3/c1-19(14(22)11-6-7-12(20)18-17-11)8-13(21)16-10-4-2-9(15)3-5-10/h2-5H,6-8H2,1H3,(H,16,21)(H,18,20). The zero-order chi connectivity index (χ0) is 16.1. The summed E-state index contributed by atoms with van der Waals surface area (Å²) in [6, 6.07) is 6.66. The smallest absolute Gasteiger partial charge is 0.270 e. The molecule has 1 aromatic carbocycles. The van der Waals surface area contributed by atoms with Crippen molar-refractivity contribution in [2.45, 2.75) is 12.8 Å². The van der Waals surface area contributed by atoms with E-state index in [9.17, 15) is 14.4 Å². The normalized spacial score (nSPS) is 13.9. The van der Waals surface area contributed by atoms with Crippen LogP contribution >= 0.6 is 11.6 Å². The topological polar surface area (TPSA) is 90.9 Å². The summed E-state index contributed by atoms with van der Waals surface area (Å²) in [6.45, 7) is -0.117. The number of carbonyl (C=O) groups is 3. The van der Waals surface area contributed by atoms with Crippen LogP contribution in [-0.4, -0.2) is 41.9 Å². The molecule has 0 fully saturated rings. The van der Waals surface area contributed by atoms with Crippen molar-refractivity contribution in [3.8, 4) is 0 Å². The van der Waals surface area contributed by atoms with E-state index in [1.54, 1.807) is 24.3 Å². The van der Waals surface area contributed by atoms with Crippen LogP contribution in [0.4, 0.5) is 5.69 Å². The average Bonchev–Trinajstić information content (AvgIpc) is 2.49. The van der Waals surface area contributed by atoms with Crippen LogP contribution in [0.15, 0.2) is 29.4 Å². The Hall–Kier alpha value is -2.41. The molecule has 22 heavy (non-hydrogen) atoms. The van der Waals surface area contributed by atoms with E-state index < -0.39 is 0 Å². The minimum Gasteiger partial charge on any atom is -0.331 e. The molecule has 0 bridgehead atoms. The molecule has 1 aromatic rings. The number of amides is 3. The van der Waals surface area contributed by atoms with Gasteiger partial charge in [-0.05, 0) is 24.3 Å². The predicted octanol–water partition coefficient (Wildman–Crippen LogP) is 1.00. The molecule has 1 heterocycles. The first-order valence-corrected chi connectivity index (χ1v) is 7.00. The SMILES string of the molecule is CN(CC(=O)Nc1ccc(Cl)cc1)C(=O)C1=NNC(=O)CC1. The van der Waals surface area contributed by atoms with E-state index in [1.165, 1.54) is 11.9 Å². The zero-order valence-electron chi connectivity index (χ0n) is 11.9. The molecular weight excluding hydrogens is 308 g/mol. The van der Waals surface area contributed by atoms with Crippen LogP contribution in [0.1, 0.15) is 12.8 Å². The van der Waals surface area contributed by atoms with Gasteiger partial charge in [0.05, 0.1) is 6.54 Å². The van der Waals surface area contributed by atoms with Crippen molar-refractivity contribution in [1.29, 1.82) is 0 Å². The number of anilines is 1. The molecule has 1 aliphatic heterocycles. The molecule has 0 saturated carbocycles. The molecule has 116 valence electrons. The van der Waals surface area contributed by atoms with Gasteiger partial charge in [0.1, 0.15) is 5.71 Å². The van der Waals surface area contributed by atoms with E-state index in [-0.39, 0.29) is 42.8 Å². The van der Waals surface area contributed by atoms with Gasteiger partial charge in [-0.25, -0.2) is 5.43 Å². The molecule has 0 aromatic heterocycles. The summed E-state index contributed by atoms with van der Waals surface area (Å²) in [4.78, 5) is 36.2. The van der Waals surface area contributed by atoms with Gasteiger partial charge in [0.2, 0.25) is 11.8 Å². The molecule has 0 radical (unpaired) electrons. The van der Waals surface area contributed by atoms with Crippen LogP contribution in [0.5, 0.6) is 0 Å². The van der Waals surface area contributed by atoms with Gasteiger partial charge in [-0.15, -0.1) is 0 Å². The van der Waals surface area contributed by atoms with Crippen molar-refractivity contribution < 1.29 is 14.4 Å². The van der Waals surface area contributed by atoms with E-state index in [4.69, 9.17) is 11.6 Å². The number of hydrogen-bond donors (Lipinski definition) is 2. The highest BCUT2D eigenvalue weighted by molar-refractivity contribution is 6.39. The Morgan fingerprint density at radius 1 is 1.32 bits per heavy atom. The van der Waals surface area contributed by atoms with Crippen LogP contribution in [0.3, 0.4) is 0 Å². The van der Waals surface area contributed by atoms with Crippen LogP contribution in [0.25, 0.3) is 0 Å². The quantitative estimate of drug-likeness (QED) is 0.866. The van der Waals surface area contributed by atoms with Crippen molar-refractivity contribution in [1.82, 2.24) is 10.3 Å². The Morgan fingerprint density at radius 2 is 2.00 bits per heavy atom. The summed E-state index contributed by atoms with van der Waals surface area (Å²) in [5.74, 6) is -0.940. The number of nitrogens with one attached hydrogen (secondary N) is 2. The van der Waals surface area contributed by atoms with E-state index in [1.807, 2.05) is 0 Å². The van der Waals surface area contributed by atoms with Crippen molar-refractivity contribution in [2.24, 2.45) is 5.10 Å². The van der Waals surface area contributed by atoms with Crippen LogP contribution in [0, 0.1) is 0 Å². The monoisotopic (exact) mass is 322 g/mol. The minimum absolute atomic E-state index is 0.117. The number of benzene rings is 1. The molecule has 0 aliphatic carbocycles. The largest absolute Gasteiger partial charge is 0.331 e. The van der Waals surface area contributed by atoms with Gasteiger partial charge in [-0.2, -0.15) is 5.10 Å². The first-order chi connectivity index (χ1) is 10.5. The third-order valence-corrected chi connectivity index (χ3v) is 3.26. The van der Waals surface area contributed by atoms with Crippen molar-refractivity contribution in [2.75, 3.05) is 18.9 Å².